The zero-order valence-electron chi connectivity index (χ0n) is 9.51. The molecule has 0 fully saturated rings. The molecule has 0 atom stereocenters. The second kappa shape index (κ2) is 4.54. The van der Waals surface area contributed by atoms with Crippen molar-refractivity contribution >= 4 is 16.9 Å². The molecule has 0 bridgehead atoms. The van der Waals surface area contributed by atoms with Gasteiger partial charge in [0.05, 0.1) is 5.69 Å². The van der Waals surface area contributed by atoms with Gasteiger partial charge in [0, 0.05) is 5.69 Å². The predicted molar refractivity (Wildman–Crippen MR) is 66.4 cm³/mol. The Hall–Kier alpha value is -1.89. The first-order valence-electron chi connectivity index (χ1n) is 4.95. The largest absolute Gasteiger partial charge is 0.378 e. The van der Waals surface area contributed by atoms with Crippen LogP contribution < -0.4 is 5.73 Å². The first-order valence-corrected chi connectivity index (χ1v) is 5.77. The minimum atomic E-state index is -0.00170. The third-order valence-corrected chi connectivity index (χ3v) is 2.71. The topological polar surface area (TPSA) is 93.5 Å². The Balaban J connectivity index is 2.29. The smallest absolute Gasteiger partial charge is 0.175 e. The summed E-state index contributed by atoms with van der Waals surface area (Å²) in [6.07, 6.45) is 0. The van der Waals surface area contributed by atoms with E-state index in [-0.39, 0.29) is 5.17 Å². The highest BCUT2D eigenvalue weighted by atomic mass is 32.2. The Labute approximate surface area is 103 Å². The maximum atomic E-state index is 7.14. The average molecular weight is 248 g/mol. The summed E-state index contributed by atoms with van der Waals surface area (Å²) >= 11 is 1.07. The molecule has 0 spiro atoms. The van der Waals surface area contributed by atoms with Crippen LogP contribution >= 0.6 is 11.8 Å². The molecule has 2 aromatic rings. The molecule has 0 aliphatic carbocycles. The van der Waals surface area contributed by atoms with E-state index in [1.54, 1.807) is 16.8 Å². The van der Waals surface area contributed by atoms with Gasteiger partial charge in [0.15, 0.2) is 11.0 Å². The summed E-state index contributed by atoms with van der Waals surface area (Å²) in [6, 6.07) is 5.54. The number of aryl methyl sites for hydroxylation is 2. The Morgan fingerprint density at radius 1 is 1.35 bits per heavy atom. The molecule has 88 valence electrons. The summed E-state index contributed by atoms with van der Waals surface area (Å²) < 4.78 is 1.73. The molecule has 0 aliphatic heterocycles. The van der Waals surface area contributed by atoms with Crippen LogP contribution in [0.4, 0.5) is 0 Å². The van der Waals surface area contributed by atoms with Crippen LogP contribution in [0.3, 0.4) is 0 Å². The molecule has 0 radical (unpaired) electrons. The van der Waals surface area contributed by atoms with Crippen LogP contribution in [0, 0.1) is 19.3 Å². The lowest BCUT2D eigenvalue weighted by molar-refractivity contribution is 0.766. The number of hydrogen-bond donors (Lipinski definition) is 2. The number of rotatable bonds is 2. The molecule has 2 rings (SSSR count). The molecule has 0 aliphatic rings. The Morgan fingerprint density at radius 3 is 2.59 bits per heavy atom. The Bertz CT molecular complexity index is 544. The van der Waals surface area contributed by atoms with E-state index >= 15 is 0 Å². The molecule has 2 heterocycles. The lowest BCUT2D eigenvalue weighted by Gasteiger charge is -2.02. The SMILES string of the molecule is Cc1cc(C)n(-c2ccc(SC(=N)N)nn2)n1. The zero-order valence-corrected chi connectivity index (χ0v) is 10.3. The minimum absolute atomic E-state index is 0.00170. The summed E-state index contributed by atoms with van der Waals surface area (Å²) in [5, 5.41) is 20.1. The number of nitrogens with one attached hydrogen (secondary N) is 1. The summed E-state index contributed by atoms with van der Waals surface area (Å²) in [7, 11) is 0. The van der Waals surface area contributed by atoms with Crippen LogP contribution in [0.5, 0.6) is 0 Å². The molecule has 2 aromatic heterocycles. The van der Waals surface area contributed by atoms with Gasteiger partial charge in [-0.05, 0) is 43.8 Å². The summed E-state index contributed by atoms with van der Waals surface area (Å²) in [5.74, 6) is 0.656. The van der Waals surface area contributed by atoms with Crippen LogP contribution in [-0.4, -0.2) is 25.1 Å². The standard InChI is InChI=1S/C10H12N6S/c1-6-5-7(2)16(15-6)8-3-4-9(14-13-8)17-10(11)12/h3-5H,1-2H3,(H3,11,12). The molecule has 17 heavy (non-hydrogen) atoms. The predicted octanol–water partition coefficient (Wildman–Crippen LogP) is 1.26. The highest BCUT2D eigenvalue weighted by molar-refractivity contribution is 8.13. The average Bonchev–Trinajstić information content (AvgIpc) is 2.58. The normalized spacial score (nSPS) is 10.5. The Kier molecular flexibility index (Phi) is 3.10. The van der Waals surface area contributed by atoms with Gasteiger partial charge in [0.25, 0.3) is 0 Å². The van der Waals surface area contributed by atoms with Crippen LogP contribution in [0.1, 0.15) is 11.4 Å². The van der Waals surface area contributed by atoms with Crippen molar-refractivity contribution in [3.8, 4) is 5.82 Å². The molecule has 3 N–H and O–H groups in total. The van der Waals surface area contributed by atoms with Crippen molar-refractivity contribution in [2.75, 3.05) is 0 Å². The fraction of sp³-hybridized carbons (Fsp3) is 0.200. The van der Waals surface area contributed by atoms with E-state index in [9.17, 15) is 0 Å². The number of hydrogen-bond acceptors (Lipinski definition) is 5. The summed E-state index contributed by atoms with van der Waals surface area (Å²) in [5.41, 5.74) is 7.20. The van der Waals surface area contributed by atoms with Crippen molar-refractivity contribution in [3.05, 3.63) is 29.6 Å². The number of amidine groups is 1. The molecule has 0 saturated carbocycles. The molecule has 0 unspecified atom stereocenters. The van der Waals surface area contributed by atoms with Crippen molar-refractivity contribution in [3.63, 3.8) is 0 Å². The van der Waals surface area contributed by atoms with Gasteiger partial charge in [0.2, 0.25) is 0 Å². The van der Waals surface area contributed by atoms with Crippen LogP contribution in [-0.2, 0) is 0 Å². The van der Waals surface area contributed by atoms with Gasteiger partial charge in [-0.3, -0.25) is 5.41 Å². The van der Waals surface area contributed by atoms with Crippen molar-refractivity contribution < 1.29 is 0 Å². The van der Waals surface area contributed by atoms with Crippen LogP contribution in [0.2, 0.25) is 0 Å². The third-order valence-electron chi connectivity index (χ3n) is 2.07. The van der Waals surface area contributed by atoms with E-state index in [0.29, 0.717) is 10.8 Å². The first-order chi connectivity index (χ1) is 8.06. The molecule has 0 aromatic carbocycles. The highest BCUT2D eigenvalue weighted by Gasteiger charge is 2.06. The van der Waals surface area contributed by atoms with Crippen LogP contribution in [0.25, 0.3) is 5.82 Å². The van der Waals surface area contributed by atoms with Gasteiger partial charge in [-0.25, -0.2) is 4.68 Å². The lowest BCUT2D eigenvalue weighted by atomic mass is 10.4. The molecular formula is C10H12N6S. The maximum absolute atomic E-state index is 7.14. The second-order valence-electron chi connectivity index (χ2n) is 3.53. The quantitative estimate of drug-likeness (QED) is 0.474. The molecular weight excluding hydrogens is 236 g/mol. The van der Waals surface area contributed by atoms with Crippen LogP contribution in [0.15, 0.2) is 23.2 Å². The third kappa shape index (κ3) is 2.62. The van der Waals surface area contributed by atoms with Gasteiger partial charge in [-0.2, -0.15) is 5.10 Å². The molecule has 7 heteroatoms. The second-order valence-corrected chi connectivity index (χ2v) is 4.60. The van der Waals surface area contributed by atoms with E-state index in [1.807, 2.05) is 19.9 Å². The molecule has 6 nitrogen and oxygen atoms in total. The number of nitrogens with two attached hydrogens (primary N) is 1. The number of nitrogens with zero attached hydrogens (tertiary/aromatic N) is 4. The van der Waals surface area contributed by atoms with Gasteiger partial charge in [-0.1, -0.05) is 0 Å². The molecule has 0 amide bonds. The first kappa shape index (κ1) is 11.6. The van der Waals surface area contributed by atoms with E-state index in [0.717, 1.165) is 23.1 Å². The number of thioether (sulfide) groups is 1. The lowest BCUT2D eigenvalue weighted by Crippen LogP contribution is -2.06. The molecule has 0 saturated heterocycles. The minimum Gasteiger partial charge on any atom is -0.378 e. The van der Waals surface area contributed by atoms with Crippen molar-refractivity contribution in [1.82, 2.24) is 20.0 Å². The van der Waals surface area contributed by atoms with Gasteiger partial charge in [0.1, 0.15) is 5.03 Å². The number of aromatic nitrogens is 4. The Morgan fingerprint density at radius 2 is 2.12 bits per heavy atom. The maximum Gasteiger partial charge on any atom is 0.175 e. The van der Waals surface area contributed by atoms with Gasteiger partial charge < -0.3 is 5.73 Å². The van der Waals surface area contributed by atoms with Crippen molar-refractivity contribution in [2.45, 2.75) is 18.9 Å². The van der Waals surface area contributed by atoms with E-state index in [2.05, 4.69) is 15.3 Å². The summed E-state index contributed by atoms with van der Waals surface area (Å²) in [4.78, 5) is 0. The monoisotopic (exact) mass is 248 g/mol. The fourth-order valence-corrected chi connectivity index (χ4v) is 1.90. The highest BCUT2D eigenvalue weighted by Crippen LogP contribution is 2.15. The van der Waals surface area contributed by atoms with Crippen molar-refractivity contribution in [1.29, 1.82) is 5.41 Å². The fourth-order valence-electron chi connectivity index (χ4n) is 1.45. The van der Waals surface area contributed by atoms with E-state index in [4.69, 9.17) is 11.1 Å². The van der Waals surface area contributed by atoms with Gasteiger partial charge in [-0.15, -0.1) is 10.2 Å². The van der Waals surface area contributed by atoms with Gasteiger partial charge >= 0.3 is 0 Å². The van der Waals surface area contributed by atoms with Crippen molar-refractivity contribution in [2.24, 2.45) is 5.73 Å². The van der Waals surface area contributed by atoms with E-state index < -0.39 is 0 Å². The zero-order chi connectivity index (χ0) is 12.4. The summed E-state index contributed by atoms with van der Waals surface area (Å²) in [6.45, 7) is 3.89. The van der Waals surface area contributed by atoms with E-state index in [1.165, 1.54) is 0 Å².